The number of aryl methyl sites for hydroxylation is 1. The van der Waals surface area contributed by atoms with Gasteiger partial charge in [-0.1, -0.05) is 18.3 Å². The molecule has 11 heavy (non-hydrogen) atoms. The van der Waals surface area contributed by atoms with E-state index in [9.17, 15) is 0 Å². The summed E-state index contributed by atoms with van der Waals surface area (Å²) in [7, 11) is 0. The second-order valence-electron chi connectivity index (χ2n) is 2.12. The smallest absolute Gasteiger partial charge is 0.213 e. The summed E-state index contributed by atoms with van der Waals surface area (Å²) < 4.78 is 2.96. The Morgan fingerprint density at radius 3 is 3.18 bits per heavy atom. The van der Waals surface area contributed by atoms with Gasteiger partial charge in [-0.2, -0.15) is 9.61 Å². The number of imidazole rings is 1. The monoisotopic (exact) mass is 279 g/mol. The highest BCUT2D eigenvalue weighted by Crippen LogP contribution is 2.16. The van der Waals surface area contributed by atoms with Gasteiger partial charge in [-0.25, -0.2) is 4.98 Å². The highest BCUT2D eigenvalue weighted by atomic mass is 127. The summed E-state index contributed by atoms with van der Waals surface area (Å²) in [6.45, 7) is 2.10. The SMILES string of the molecule is CCc1nn2c(I)cnc2s1. The van der Waals surface area contributed by atoms with Gasteiger partial charge in [-0.15, -0.1) is 0 Å². The molecule has 0 atom stereocenters. The Balaban J connectivity index is 2.70. The average Bonchev–Trinajstić information content (AvgIpc) is 2.53. The molecule has 0 unspecified atom stereocenters. The van der Waals surface area contributed by atoms with E-state index in [0.717, 1.165) is 20.1 Å². The van der Waals surface area contributed by atoms with Crippen LogP contribution in [-0.4, -0.2) is 14.6 Å². The Hall–Kier alpha value is -0.170. The molecule has 2 aromatic heterocycles. The van der Waals surface area contributed by atoms with Crippen molar-refractivity contribution in [2.45, 2.75) is 13.3 Å². The van der Waals surface area contributed by atoms with E-state index in [0.29, 0.717) is 0 Å². The Morgan fingerprint density at radius 2 is 2.55 bits per heavy atom. The van der Waals surface area contributed by atoms with Crippen LogP contribution in [0.2, 0.25) is 0 Å². The van der Waals surface area contributed by atoms with Crippen LogP contribution in [0.25, 0.3) is 4.96 Å². The normalized spacial score (nSPS) is 11.1. The summed E-state index contributed by atoms with van der Waals surface area (Å²) in [6.07, 6.45) is 2.82. The fourth-order valence-corrected chi connectivity index (χ4v) is 2.30. The molecule has 0 aliphatic rings. The lowest BCUT2D eigenvalue weighted by atomic mass is 10.5. The molecule has 0 N–H and O–H groups in total. The van der Waals surface area contributed by atoms with Crippen LogP contribution in [0.1, 0.15) is 11.9 Å². The average molecular weight is 279 g/mol. The topological polar surface area (TPSA) is 30.2 Å². The van der Waals surface area contributed by atoms with E-state index in [4.69, 9.17) is 0 Å². The van der Waals surface area contributed by atoms with Crippen LogP contribution in [0.3, 0.4) is 0 Å². The molecule has 2 aromatic rings. The van der Waals surface area contributed by atoms with Crippen LogP contribution < -0.4 is 0 Å². The van der Waals surface area contributed by atoms with Crippen molar-refractivity contribution < 1.29 is 0 Å². The first kappa shape index (κ1) is 7.48. The number of aromatic nitrogens is 3. The van der Waals surface area contributed by atoms with Gasteiger partial charge in [0.05, 0.1) is 6.20 Å². The highest BCUT2D eigenvalue weighted by molar-refractivity contribution is 14.1. The zero-order valence-electron chi connectivity index (χ0n) is 5.91. The van der Waals surface area contributed by atoms with Gasteiger partial charge in [0.2, 0.25) is 4.96 Å². The summed E-state index contributed by atoms with van der Waals surface area (Å²) in [5, 5.41) is 5.50. The van der Waals surface area contributed by atoms with Gasteiger partial charge in [0.25, 0.3) is 0 Å². The van der Waals surface area contributed by atoms with Gasteiger partial charge in [-0.05, 0) is 29.0 Å². The molecule has 0 amide bonds. The number of halogens is 1. The minimum Gasteiger partial charge on any atom is -0.225 e. The first-order valence-electron chi connectivity index (χ1n) is 3.30. The molecule has 0 saturated heterocycles. The van der Waals surface area contributed by atoms with Crippen LogP contribution >= 0.6 is 33.9 Å². The fraction of sp³-hybridized carbons (Fsp3) is 0.333. The summed E-state index contributed by atoms with van der Waals surface area (Å²) in [4.78, 5) is 5.19. The lowest BCUT2D eigenvalue weighted by molar-refractivity contribution is 0.892. The second kappa shape index (κ2) is 2.71. The Morgan fingerprint density at radius 1 is 1.73 bits per heavy atom. The maximum absolute atomic E-state index is 4.36. The van der Waals surface area contributed by atoms with Crippen molar-refractivity contribution in [2.24, 2.45) is 0 Å². The molecule has 0 radical (unpaired) electrons. The van der Waals surface area contributed by atoms with Crippen LogP contribution in [0.5, 0.6) is 0 Å². The van der Waals surface area contributed by atoms with Crippen LogP contribution in [-0.2, 0) is 6.42 Å². The van der Waals surface area contributed by atoms with E-state index in [1.807, 2.05) is 10.7 Å². The van der Waals surface area contributed by atoms with Gasteiger partial charge < -0.3 is 0 Å². The van der Waals surface area contributed by atoms with Crippen LogP contribution in [0, 0.1) is 3.70 Å². The summed E-state index contributed by atoms with van der Waals surface area (Å²) in [6, 6.07) is 0. The molecular formula is C6H6IN3S. The largest absolute Gasteiger partial charge is 0.225 e. The molecule has 0 bridgehead atoms. The third-order valence-electron chi connectivity index (χ3n) is 1.39. The van der Waals surface area contributed by atoms with Crippen molar-refractivity contribution in [1.29, 1.82) is 0 Å². The van der Waals surface area contributed by atoms with Crippen molar-refractivity contribution in [1.82, 2.24) is 14.6 Å². The third kappa shape index (κ3) is 1.16. The van der Waals surface area contributed by atoms with Crippen LogP contribution in [0.15, 0.2) is 6.20 Å². The predicted octanol–water partition coefficient (Wildman–Crippen LogP) is 1.96. The van der Waals surface area contributed by atoms with E-state index in [-0.39, 0.29) is 0 Å². The highest BCUT2D eigenvalue weighted by Gasteiger charge is 2.05. The molecule has 58 valence electrons. The van der Waals surface area contributed by atoms with Crippen molar-refractivity contribution in [3.05, 3.63) is 14.9 Å². The lowest BCUT2D eigenvalue weighted by Gasteiger charge is -1.82. The molecule has 5 heteroatoms. The van der Waals surface area contributed by atoms with E-state index < -0.39 is 0 Å². The number of hydrogen-bond donors (Lipinski definition) is 0. The van der Waals surface area contributed by atoms with Gasteiger partial charge in [-0.3, -0.25) is 0 Å². The van der Waals surface area contributed by atoms with E-state index in [2.05, 4.69) is 39.6 Å². The molecule has 2 rings (SSSR count). The lowest BCUT2D eigenvalue weighted by Crippen LogP contribution is -1.87. The van der Waals surface area contributed by atoms with E-state index in [1.54, 1.807) is 11.3 Å². The van der Waals surface area contributed by atoms with Gasteiger partial charge >= 0.3 is 0 Å². The molecule has 0 aromatic carbocycles. The van der Waals surface area contributed by atoms with Gasteiger partial charge in [0, 0.05) is 0 Å². The Labute approximate surface area is 81.6 Å². The van der Waals surface area contributed by atoms with Crippen LogP contribution in [0.4, 0.5) is 0 Å². The van der Waals surface area contributed by atoms with Gasteiger partial charge in [0.1, 0.15) is 8.71 Å². The summed E-state index contributed by atoms with van der Waals surface area (Å²) in [5.41, 5.74) is 0. The Bertz CT molecular complexity index is 378. The minimum atomic E-state index is 0.990. The van der Waals surface area contributed by atoms with Crippen molar-refractivity contribution >= 4 is 38.9 Å². The molecule has 0 aliphatic heterocycles. The van der Waals surface area contributed by atoms with Crippen molar-refractivity contribution in [3.8, 4) is 0 Å². The number of rotatable bonds is 1. The minimum absolute atomic E-state index is 0.990. The summed E-state index contributed by atoms with van der Waals surface area (Å²) in [5.74, 6) is 0. The molecule has 0 fully saturated rings. The zero-order chi connectivity index (χ0) is 7.84. The standard InChI is InChI=1S/C6H6IN3S/c1-2-5-9-10-4(7)3-8-6(10)11-5/h3H,2H2,1H3. The predicted molar refractivity (Wildman–Crippen MR) is 53.0 cm³/mol. The van der Waals surface area contributed by atoms with E-state index >= 15 is 0 Å². The zero-order valence-corrected chi connectivity index (χ0v) is 8.89. The number of fused-ring (bicyclic) bond motifs is 1. The van der Waals surface area contributed by atoms with Gasteiger partial charge in [0.15, 0.2) is 0 Å². The molecule has 0 saturated carbocycles. The fourth-order valence-electron chi connectivity index (χ4n) is 0.850. The second-order valence-corrected chi connectivity index (χ2v) is 4.27. The summed E-state index contributed by atoms with van der Waals surface area (Å²) >= 11 is 3.88. The molecule has 3 nitrogen and oxygen atoms in total. The van der Waals surface area contributed by atoms with E-state index in [1.165, 1.54) is 0 Å². The number of hydrogen-bond acceptors (Lipinski definition) is 3. The maximum atomic E-state index is 4.36. The molecule has 2 heterocycles. The molecule has 0 aliphatic carbocycles. The third-order valence-corrected chi connectivity index (χ3v) is 3.19. The number of nitrogens with zero attached hydrogens (tertiary/aromatic N) is 3. The Kier molecular flexibility index (Phi) is 1.84. The first-order valence-corrected chi connectivity index (χ1v) is 5.19. The van der Waals surface area contributed by atoms with Crippen molar-refractivity contribution in [3.63, 3.8) is 0 Å². The first-order chi connectivity index (χ1) is 5.31. The quantitative estimate of drug-likeness (QED) is 0.747. The molecule has 0 spiro atoms. The van der Waals surface area contributed by atoms with Crippen molar-refractivity contribution in [2.75, 3.05) is 0 Å². The molecular weight excluding hydrogens is 273 g/mol. The maximum Gasteiger partial charge on any atom is 0.213 e.